The Hall–Kier alpha value is -1.32. The smallest absolute Gasteiger partial charge is 0.137 e. The highest BCUT2D eigenvalue weighted by molar-refractivity contribution is 5.56. The summed E-state index contributed by atoms with van der Waals surface area (Å²) in [7, 11) is 0. The van der Waals surface area contributed by atoms with E-state index in [9.17, 15) is 0 Å². The fourth-order valence-corrected chi connectivity index (χ4v) is 2.76. The molecule has 0 amide bonds. The fourth-order valence-electron chi connectivity index (χ4n) is 2.76. The molecule has 106 valence electrons. The highest BCUT2D eigenvalue weighted by Gasteiger charge is 2.21. The van der Waals surface area contributed by atoms with Crippen LogP contribution in [-0.4, -0.2) is 23.1 Å². The Balaban J connectivity index is 2.19. The van der Waals surface area contributed by atoms with Gasteiger partial charge in [0.15, 0.2) is 0 Å². The minimum absolute atomic E-state index is 0.645. The second kappa shape index (κ2) is 6.22. The molecule has 0 spiro atoms. The van der Waals surface area contributed by atoms with Crippen LogP contribution in [0.4, 0.5) is 11.6 Å². The summed E-state index contributed by atoms with van der Waals surface area (Å²) in [6, 6.07) is 0. The Morgan fingerprint density at radius 1 is 1.21 bits per heavy atom. The van der Waals surface area contributed by atoms with Crippen molar-refractivity contribution < 1.29 is 0 Å². The molecular weight excluding hydrogens is 236 g/mol. The van der Waals surface area contributed by atoms with Crippen molar-refractivity contribution in [1.82, 2.24) is 9.97 Å². The Kier molecular flexibility index (Phi) is 4.61. The van der Waals surface area contributed by atoms with E-state index in [1.807, 2.05) is 6.92 Å². The standard InChI is InChI=1S/C15H26N4/c1-4-6-13-17-14(16)11(3)15(18-13)19-9-7-12(5-2)8-10-19/h12H,4-10H2,1-3H3,(H2,16,17,18). The van der Waals surface area contributed by atoms with Crippen molar-refractivity contribution in [1.29, 1.82) is 0 Å². The second-order valence-corrected chi connectivity index (χ2v) is 5.56. The molecule has 1 fully saturated rings. The molecule has 1 saturated heterocycles. The van der Waals surface area contributed by atoms with Crippen molar-refractivity contribution in [3.8, 4) is 0 Å². The van der Waals surface area contributed by atoms with Gasteiger partial charge in [-0.2, -0.15) is 0 Å². The molecule has 0 aromatic carbocycles. The first kappa shape index (κ1) is 14.1. The van der Waals surface area contributed by atoms with Gasteiger partial charge in [0.2, 0.25) is 0 Å². The summed E-state index contributed by atoms with van der Waals surface area (Å²) in [6.45, 7) is 8.66. The lowest BCUT2D eigenvalue weighted by Gasteiger charge is -2.33. The van der Waals surface area contributed by atoms with E-state index in [2.05, 4.69) is 23.7 Å². The molecule has 4 nitrogen and oxygen atoms in total. The molecule has 0 aliphatic carbocycles. The van der Waals surface area contributed by atoms with Gasteiger partial charge in [-0.25, -0.2) is 9.97 Å². The van der Waals surface area contributed by atoms with Crippen LogP contribution < -0.4 is 10.6 Å². The minimum Gasteiger partial charge on any atom is -0.383 e. The zero-order valence-electron chi connectivity index (χ0n) is 12.4. The van der Waals surface area contributed by atoms with Crippen LogP contribution in [0.3, 0.4) is 0 Å². The van der Waals surface area contributed by atoms with Crippen LogP contribution in [0.5, 0.6) is 0 Å². The summed E-state index contributed by atoms with van der Waals surface area (Å²) < 4.78 is 0. The first-order valence-corrected chi connectivity index (χ1v) is 7.53. The van der Waals surface area contributed by atoms with Crippen molar-refractivity contribution in [2.75, 3.05) is 23.7 Å². The average molecular weight is 262 g/mol. The number of nitrogen functional groups attached to an aromatic ring is 1. The molecule has 1 aromatic heterocycles. The first-order valence-electron chi connectivity index (χ1n) is 7.53. The van der Waals surface area contributed by atoms with E-state index < -0.39 is 0 Å². The van der Waals surface area contributed by atoms with E-state index in [0.717, 1.165) is 49.1 Å². The van der Waals surface area contributed by atoms with Gasteiger partial charge in [0.1, 0.15) is 17.5 Å². The first-order chi connectivity index (χ1) is 9.15. The zero-order valence-corrected chi connectivity index (χ0v) is 12.4. The van der Waals surface area contributed by atoms with Gasteiger partial charge in [-0.1, -0.05) is 20.3 Å². The fraction of sp³-hybridized carbons (Fsp3) is 0.733. The van der Waals surface area contributed by atoms with Crippen molar-refractivity contribution in [2.24, 2.45) is 5.92 Å². The van der Waals surface area contributed by atoms with Crippen molar-refractivity contribution in [3.05, 3.63) is 11.4 Å². The Morgan fingerprint density at radius 2 is 1.89 bits per heavy atom. The van der Waals surface area contributed by atoms with Gasteiger partial charge in [-0.3, -0.25) is 0 Å². The molecule has 1 aliphatic rings. The third-order valence-corrected chi connectivity index (χ3v) is 4.17. The number of hydrogen-bond acceptors (Lipinski definition) is 4. The molecule has 1 aliphatic heterocycles. The van der Waals surface area contributed by atoms with Crippen LogP contribution in [0.2, 0.25) is 0 Å². The van der Waals surface area contributed by atoms with Gasteiger partial charge in [-0.15, -0.1) is 0 Å². The molecule has 2 N–H and O–H groups in total. The summed E-state index contributed by atoms with van der Waals surface area (Å²) >= 11 is 0. The van der Waals surface area contributed by atoms with Crippen molar-refractivity contribution >= 4 is 11.6 Å². The number of anilines is 2. The van der Waals surface area contributed by atoms with Crippen LogP contribution in [-0.2, 0) is 6.42 Å². The largest absolute Gasteiger partial charge is 0.383 e. The number of nitrogens with zero attached hydrogens (tertiary/aromatic N) is 3. The molecule has 2 heterocycles. The summed E-state index contributed by atoms with van der Waals surface area (Å²) in [5.74, 6) is 3.47. The van der Waals surface area contributed by atoms with Crippen LogP contribution in [0.15, 0.2) is 0 Å². The monoisotopic (exact) mass is 262 g/mol. The van der Waals surface area contributed by atoms with Gasteiger partial charge in [-0.05, 0) is 32.1 Å². The number of nitrogens with two attached hydrogens (primary N) is 1. The topological polar surface area (TPSA) is 55.0 Å². The molecule has 0 radical (unpaired) electrons. The molecule has 0 bridgehead atoms. The van der Waals surface area contributed by atoms with E-state index in [0.29, 0.717) is 5.82 Å². The Labute approximate surface area is 116 Å². The maximum atomic E-state index is 6.03. The number of aryl methyl sites for hydroxylation is 1. The Bertz CT molecular complexity index is 422. The molecule has 0 saturated carbocycles. The third-order valence-electron chi connectivity index (χ3n) is 4.17. The maximum Gasteiger partial charge on any atom is 0.137 e. The normalized spacial score (nSPS) is 16.9. The van der Waals surface area contributed by atoms with Crippen molar-refractivity contribution in [3.63, 3.8) is 0 Å². The third kappa shape index (κ3) is 3.17. The molecular formula is C15H26N4. The lowest BCUT2D eigenvalue weighted by Crippen LogP contribution is -2.35. The predicted molar refractivity (Wildman–Crippen MR) is 80.4 cm³/mol. The molecule has 2 rings (SSSR count). The number of rotatable bonds is 4. The number of piperidine rings is 1. The molecule has 1 aromatic rings. The lowest BCUT2D eigenvalue weighted by atomic mass is 9.94. The molecule has 0 atom stereocenters. The number of aromatic nitrogens is 2. The predicted octanol–water partition coefficient (Wildman–Crippen LogP) is 2.95. The van der Waals surface area contributed by atoms with Gasteiger partial charge >= 0.3 is 0 Å². The highest BCUT2D eigenvalue weighted by atomic mass is 15.2. The highest BCUT2D eigenvalue weighted by Crippen LogP contribution is 2.27. The SMILES string of the molecule is CCCc1nc(N)c(C)c(N2CCC(CC)CC2)n1. The van der Waals surface area contributed by atoms with Crippen molar-refractivity contribution in [2.45, 2.75) is 52.9 Å². The van der Waals surface area contributed by atoms with E-state index in [1.165, 1.54) is 19.3 Å². The van der Waals surface area contributed by atoms with Crippen LogP contribution in [0.1, 0.15) is 50.9 Å². The summed E-state index contributed by atoms with van der Waals surface area (Å²) in [5.41, 5.74) is 7.07. The van der Waals surface area contributed by atoms with E-state index in [-0.39, 0.29) is 0 Å². The summed E-state index contributed by atoms with van der Waals surface area (Å²) in [6.07, 6.45) is 5.79. The quantitative estimate of drug-likeness (QED) is 0.906. The van der Waals surface area contributed by atoms with Crippen LogP contribution in [0, 0.1) is 12.8 Å². The molecule has 19 heavy (non-hydrogen) atoms. The van der Waals surface area contributed by atoms with E-state index >= 15 is 0 Å². The van der Waals surface area contributed by atoms with Gasteiger partial charge in [0.25, 0.3) is 0 Å². The average Bonchev–Trinajstić information content (AvgIpc) is 2.43. The summed E-state index contributed by atoms with van der Waals surface area (Å²) in [5, 5.41) is 0. The zero-order chi connectivity index (χ0) is 13.8. The van der Waals surface area contributed by atoms with E-state index in [1.54, 1.807) is 0 Å². The number of hydrogen-bond donors (Lipinski definition) is 1. The van der Waals surface area contributed by atoms with Gasteiger partial charge in [0, 0.05) is 25.1 Å². The second-order valence-electron chi connectivity index (χ2n) is 5.56. The molecule has 4 heteroatoms. The lowest BCUT2D eigenvalue weighted by molar-refractivity contribution is 0.393. The van der Waals surface area contributed by atoms with Gasteiger partial charge < -0.3 is 10.6 Å². The summed E-state index contributed by atoms with van der Waals surface area (Å²) in [4.78, 5) is 11.5. The van der Waals surface area contributed by atoms with Crippen LogP contribution in [0.25, 0.3) is 0 Å². The van der Waals surface area contributed by atoms with Crippen LogP contribution >= 0.6 is 0 Å². The van der Waals surface area contributed by atoms with E-state index in [4.69, 9.17) is 10.7 Å². The molecule has 0 unspecified atom stereocenters. The Morgan fingerprint density at radius 3 is 2.47 bits per heavy atom. The van der Waals surface area contributed by atoms with Gasteiger partial charge in [0.05, 0.1) is 0 Å². The maximum absolute atomic E-state index is 6.03. The minimum atomic E-state index is 0.645.